The van der Waals surface area contributed by atoms with Crippen LogP contribution in [0.25, 0.3) is 0 Å². The Bertz CT molecular complexity index is 637. The number of nitrogens with zero attached hydrogens (tertiary/aromatic N) is 1. The summed E-state index contributed by atoms with van der Waals surface area (Å²) in [7, 11) is 0. The van der Waals surface area contributed by atoms with Gasteiger partial charge in [0.2, 0.25) is 17.7 Å². The molecule has 1 aliphatic heterocycles. The van der Waals surface area contributed by atoms with E-state index in [1.54, 1.807) is 0 Å². The number of carboxylic acids is 1. The number of thioether (sulfide) groups is 2. The van der Waals surface area contributed by atoms with Crippen LogP contribution >= 0.6 is 23.5 Å². The Morgan fingerprint density at radius 3 is 2.19 bits per heavy atom. The van der Waals surface area contributed by atoms with E-state index in [1.165, 1.54) is 35.3 Å². The summed E-state index contributed by atoms with van der Waals surface area (Å²) in [5, 5.41) is 24.1. The molecule has 0 radical (unpaired) electrons. The second-order valence-electron chi connectivity index (χ2n) is 7.48. The van der Waals surface area contributed by atoms with Crippen molar-refractivity contribution in [2.45, 2.75) is 62.9 Å². The molecular formula is C19H34N4O6S2. The van der Waals surface area contributed by atoms with Gasteiger partial charge in [-0.05, 0) is 56.6 Å². The molecule has 0 aliphatic carbocycles. The average Bonchev–Trinajstić information content (AvgIpc) is 3.22. The summed E-state index contributed by atoms with van der Waals surface area (Å²) in [6.07, 6.45) is 4.30. The van der Waals surface area contributed by atoms with Crippen molar-refractivity contribution < 1.29 is 29.4 Å². The summed E-state index contributed by atoms with van der Waals surface area (Å²) >= 11 is 2.99. The molecule has 1 rings (SSSR count). The Kier molecular flexibility index (Phi) is 12.3. The van der Waals surface area contributed by atoms with Gasteiger partial charge in [-0.3, -0.25) is 14.4 Å². The van der Waals surface area contributed by atoms with Gasteiger partial charge in [0.1, 0.15) is 24.2 Å². The van der Waals surface area contributed by atoms with E-state index < -0.39 is 54.0 Å². The Labute approximate surface area is 191 Å². The monoisotopic (exact) mass is 478 g/mol. The van der Waals surface area contributed by atoms with Crippen molar-refractivity contribution in [1.29, 1.82) is 0 Å². The van der Waals surface area contributed by atoms with Gasteiger partial charge in [-0.25, -0.2) is 4.79 Å². The molecule has 0 aromatic carbocycles. The molecule has 1 heterocycles. The average molecular weight is 479 g/mol. The molecule has 10 nitrogen and oxygen atoms in total. The molecule has 1 saturated heterocycles. The van der Waals surface area contributed by atoms with Gasteiger partial charge in [0, 0.05) is 6.54 Å². The maximum atomic E-state index is 13.2. The van der Waals surface area contributed by atoms with Crippen LogP contribution in [0.4, 0.5) is 0 Å². The van der Waals surface area contributed by atoms with Crippen LogP contribution in [0.2, 0.25) is 0 Å². The number of carboxylic acid groups (broad SMARTS) is 1. The predicted molar refractivity (Wildman–Crippen MR) is 122 cm³/mol. The lowest BCUT2D eigenvalue weighted by molar-refractivity contribution is -0.145. The maximum absolute atomic E-state index is 13.2. The second-order valence-corrected chi connectivity index (χ2v) is 9.45. The van der Waals surface area contributed by atoms with E-state index in [2.05, 4.69) is 10.6 Å². The molecule has 1 fully saturated rings. The van der Waals surface area contributed by atoms with Gasteiger partial charge in [0.15, 0.2) is 0 Å². The summed E-state index contributed by atoms with van der Waals surface area (Å²) in [4.78, 5) is 51.1. The molecule has 3 amide bonds. The number of aliphatic hydroxyl groups is 1. The lowest BCUT2D eigenvalue weighted by Crippen LogP contribution is -2.58. The first-order valence-corrected chi connectivity index (χ1v) is 13.0. The van der Waals surface area contributed by atoms with Crippen LogP contribution in [0.5, 0.6) is 0 Å². The van der Waals surface area contributed by atoms with Gasteiger partial charge in [-0.15, -0.1) is 0 Å². The van der Waals surface area contributed by atoms with Crippen LogP contribution in [-0.4, -0.2) is 99.6 Å². The molecule has 0 aromatic rings. The predicted octanol–water partition coefficient (Wildman–Crippen LogP) is -0.754. The summed E-state index contributed by atoms with van der Waals surface area (Å²) in [6.45, 7) is 1.73. The number of likely N-dealkylation sites (tertiary alicyclic amines) is 1. The van der Waals surface area contributed by atoms with Crippen LogP contribution in [-0.2, 0) is 19.2 Å². The quantitative estimate of drug-likeness (QED) is 0.229. The smallest absolute Gasteiger partial charge is 0.326 e. The maximum Gasteiger partial charge on any atom is 0.326 e. The zero-order chi connectivity index (χ0) is 23.6. The van der Waals surface area contributed by atoms with Gasteiger partial charge in [0.05, 0.1) is 6.10 Å². The van der Waals surface area contributed by atoms with Crippen molar-refractivity contribution in [3.63, 3.8) is 0 Å². The highest BCUT2D eigenvalue weighted by Gasteiger charge is 2.39. The number of carbonyl (C=O) groups excluding carboxylic acids is 3. The van der Waals surface area contributed by atoms with Crippen LogP contribution in [0.3, 0.4) is 0 Å². The minimum atomic E-state index is -1.17. The normalized spacial score (nSPS) is 19.9. The minimum Gasteiger partial charge on any atom is -0.480 e. The number of carbonyl (C=O) groups is 4. The number of hydrogen-bond acceptors (Lipinski definition) is 8. The zero-order valence-electron chi connectivity index (χ0n) is 18.2. The zero-order valence-corrected chi connectivity index (χ0v) is 19.8. The van der Waals surface area contributed by atoms with Crippen molar-refractivity contribution in [2.24, 2.45) is 5.73 Å². The van der Waals surface area contributed by atoms with E-state index in [1.807, 2.05) is 12.5 Å². The van der Waals surface area contributed by atoms with Crippen molar-refractivity contribution in [2.75, 3.05) is 30.6 Å². The second kappa shape index (κ2) is 13.8. The third-order valence-corrected chi connectivity index (χ3v) is 6.40. The van der Waals surface area contributed by atoms with E-state index in [-0.39, 0.29) is 6.42 Å². The molecule has 0 saturated carbocycles. The van der Waals surface area contributed by atoms with E-state index in [9.17, 15) is 29.4 Å². The molecule has 0 bridgehead atoms. The number of amides is 3. The fourth-order valence-electron chi connectivity index (χ4n) is 3.24. The lowest BCUT2D eigenvalue weighted by Gasteiger charge is -2.30. The minimum absolute atomic E-state index is 0.284. The highest BCUT2D eigenvalue weighted by Crippen LogP contribution is 2.20. The highest BCUT2D eigenvalue weighted by molar-refractivity contribution is 7.98. The fourth-order valence-corrected chi connectivity index (χ4v) is 4.19. The van der Waals surface area contributed by atoms with Crippen molar-refractivity contribution in [3.8, 4) is 0 Å². The van der Waals surface area contributed by atoms with Gasteiger partial charge in [-0.2, -0.15) is 23.5 Å². The number of aliphatic hydroxyl groups excluding tert-OH is 1. The molecule has 31 heavy (non-hydrogen) atoms. The van der Waals surface area contributed by atoms with E-state index >= 15 is 0 Å². The first-order chi connectivity index (χ1) is 14.6. The first-order valence-electron chi connectivity index (χ1n) is 10.2. The van der Waals surface area contributed by atoms with Crippen LogP contribution < -0.4 is 16.4 Å². The molecule has 1 aliphatic rings. The molecule has 5 unspecified atom stereocenters. The summed E-state index contributed by atoms with van der Waals surface area (Å²) in [5.41, 5.74) is 5.68. The van der Waals surface area contributed by atoms with Crippen molar-refractivity contribution in [1.82, 2.24) is 15.5 Å². The third kappa shape index (κ3) is 8.51. The molecule has 6 N–H and O–H groups in total. The van der Waals surface area contributed by atoms with Crippen molar-refractivity contribution in [3.05, 3.63) is 0 Å². The Hall–Kier alpha value is -1.50. The number of hydrogen-bond donors (Lipinski definition) is 5. The van der Waals surface area contributed by atoms with Crippen molar-refractivity contribution >= 4 is 47.2 Å². The highest BCUT2D eigenvalue weighted by atomic mass is 32.2. The van der Waals surface area contributed by atoms with Crippen LogP contribution in [0, 0.1) is 0 Å². The SMILES string of the molecule is CSCCC(NC(=O)C1CCCN1C(=O)C(CCSC)NC(=O)C(N)C(C)O)C(=O)O. The molecular weight excluding hydrogens is 444 g/mol. The number of rotatable bonds is 13. The fraction of sp³-hybridized carbons (Fsp3) is 0.789. The van der Waals surface area contributed by atoms with Crippen LogP contribution in [0.1, 0.15) is 32.6 Å². The van der Waals surface area contributed by atoms with E-state index in [4.69, 9.17) is 5.73 Å². The Morgan fingerprint density at radius 1 is 1.10 bits per heavy atom. The standard InChI is InChI=1S/C19H34N4O6S2/c1-11(24)15(20)17(26)21-12(6-9-30-2)18(27)23-8-4-5-14(23)16(25)22-13(19(28)29)7-10-31-3/h11-15,24H,4-10,20H2,1-3H3,(H,21,26)(H,22,25)(H,28,29). The largest absolute Gasteiger partial charge is 0.480 e. The molecule has 12 heteroatoms. The van der Waals surface area contributed by atoms with E-state index in [0.29, 0.717) is 37.3 Å². The Morgan fingerprint density at radius 2 is 1.68 bits per heavy atom. The number of nitrogens with one attached hydrogen (secondary N) is 2. The topological polar surface area (TPSA) is 162 Å². The third-order valence-electron chi connectivity index (χ3n) is 5.11. The van der Waals surface area contributed by atoms with Gasteiger partial charge < -0.3 is 31.5 Å². The number of nitrogens with two attached hydrogens (primary N) is 1. The summed E-state index contributed by atoms with van der Waals surface area (Å²) < 4.78 is 0. The first kappa shape index (κ1) is 27.5. The summed E-state index contributed by atoms with van der Waals surface area (Å²) in [6, 6.07) is -3.86. The molecule has 0 aromatic heterocycles. The lowest BCUT2D eigenvalue weighted by atomic mass is 10.1. The number of aliphatic carboxylic acids is 1. The van der Waals surface area contributed by atoms with Gasteiger partial charge in [0.25, 0.3) is 0 Å². The molecule has 178 valence electrons. The van der Waals surface area contributed by atoms with E-state index in [0.717, 1.165) is 0 Å². The molecule has 0 spiro atoms. The van der Waals surface area contributed by atoms with Gasteiger partial charge >= 0.3 is 5.97 Å². The Balaban J connectivity index is 2.91. The molecule has 5 atom stereocenters. The van der Waals surface area contributed by atoms with Crippen LogP contribution in [0.15, 0.2) is 0 Å². The summed E-state index contributed by atoms with van der Waals surface area (Å²) in [5.74, 6) is -1.49. The van der Waals surface area contributed by atoms with Gasteiger partial charge in [-0.1, -0.05) is 0 Å².